The Hall–Kier alpha value is -2.63. The van der Waals surface area contributed by atoms with Crippen LogP contribution in [0.1, 0.15) is 28.8 Å². The van der Waals surface area contributed by atoms with Crippen LogP contribution in [0.15, 0.2) is 60.0 Å². The van der Waals surface area contributed by atoms with Gasteiger partial charge in [0, 0.05) is 16.0 Å². The number of carbonyl (C=O) groups is 2. The minimum absolute atomic E-state index is 0.0888. The summed E-state index contributed by atoms with van der Waals surface area (Å²) in [5, 5.41) is 15.0. The number of aromatic carboxylic acids is 1. The van der Waals surface area contributed by atoms with E-state index >= 15 is 0 Å². The van der Waals surface area contributed by atoms with Gasteiger partial charge in [-0.15, -0.1) is 11.3 Å². The molecular weight excluding hydrogens is 370 g/mol. The molecule has 2 aromatic carbocycles. The zero-order valence-electron chi connectivity index (χ0n) is 13.9. The predicted molar refractivity (Wildman–Crippen MR) is 105 cm³/mol. The lowest BCUT2D eigenvalue weighted by molar-refractivity contribution is -0.117. The topological polar surface area (TPSA) is 66.4 Å². The summed E-state index contributed by atoms with van der Waals surface area (Å²) < 4.78 is 0. The summed E-state index contributed by atoms with van der Waals surface area (Å²) in [6, 6.07) is 16.3. The van der Waals surface area contributed by atoms with Gasteiger partial charge in [0.25, 0.3) is 0 Å². The highest BCUT2D eigenvalue weighted by molar-refractivity contribution is 7.15. The fourth-order valence-corrected chi connectivity index (χ4v) is 3.71. The zero-order valence-corrected chi connectivity index (χ0v) is 15.5. The molecular formula is C20H16ClNO3S. The Morgan fingerprint density at radius 3 is 2.35 bits per heavy atom. The molecule has 0 saturated heterocycles. The summed E-state index contributed by atoms with van der Waals surface area (Å²) in [6.45, 7) is 1.79. The highest BCUT2D eigenvalue weighted by Crippen LogP contribution is 2.36. The first-order chi connectivity index (χ1) is 12.5. The standard InChI is InChI=1S/C20H16ClNO3S/c1-12(13-5-3-2-4-6-13)18(23)22-19-17(20(24)25)16(11-26-19)14-7-9-15(21)10-8-14/h2-12H,1H3,(H,22,23)(H,24,25). The molecule has 1 atom stereocenters. The van der Waals surface area contributed by atoms with Crippen LogP contribution in [0.5, 0.6) is 0 Å². The Kier molecular flexibility index (Phi) is 5.40. The molecule has 0 bridgehead atoms. The van der Waals surface area contributed by atoms with Crippen molar-refractivity contribution in [3.05, 3.63) is 76.1 Å². The second-order valence-electron chi connectivity index (χ2n) is 5.79. The first-order valence-corrected chi connectivity index (χ1v) is 9.19. The third kappa shape index (κ3) is 3.79. The molecule has 132 valence electrons. The lowest BCUT2D eigenvalue weighted by atomic mass is 10.0. The molecule has 0 spiro atoms. The van der Waals surface area contributed by atoms with Crippen LogP contribution in [0, 0.1) is 0 Å². The fraction of sp³-hybridized carbons (Fsp3) is 0.100. The first-order valence-electron chi connectivity index (χ1n) is 7.94. The van der Waals surface area contributed by atoms with Crippen molar-refractivity contribution in [1.29, 1.82) is 0 Å². The average Bonchev–Trinajstić information content (AvgIpc) is 3.06. The van der Waals surface area contributed by atoms with E-state index in [-0.39, 0.29) is 17.4 Å². The molecule has 1 amide bonds. The number of benzene rings is 2. The van der Waals surface area contributed by atoms with Crippen LogP contribution >= 0.6 is 22.9 Å². The molecule has 4 nitrogen and oxygen atoms in total. The molecule has 0 fully saturated rings. The Morgan fingerprint density at radius 1 is 1.08 bits per heavy atom. The van der Waals surface area contributed by atoms with Crippen molar-refractivity contribution in [2.75, 3.05) is 5.32 Å². The Bertz CT molecular complexity index is 935. The Balaban J connectivity index is 1.90. The molecule has 1 unspecified atom stereocenters. The third-order valence-corrected chi connectivity index (χ3v) is 5.24. The van der Waals surface area contributed by atoms with Crippen LogP contribution in [-0.4, -0.2) is 17.0 Å². The second kappa shape index (κ2) is 7.72. The van der Waals surface area contributed by atoms with Gasteiger partial charge in [0.15, 0.2) is 0 Å². The van der Waals surface area contributed by atoms with Crippen molar-refractivity contribution in [1.82, 2.24) is 0 Å². The van der Waals surface area contributed by atoms with Crippen LogP contribution in [0.2, 0.25) is 5.02 Å². The quantitative estimate of drug-likeness (QED) is 0.608. The maximum atomic E-state index is 12.6. The van der Waals surface area contributed by atoms with Gasteiger partial charge in [-0.2, -0.15) is 0 Å². The summed E-state index contributed by atoms with van der Waals surface area (Å²) in [4.78, 5) is 24.4. The molecule has 1 aromatic heterocycles. The van der Waals surface area contributed by atoms with Gasteiger partial charge in [-0.25, -0.2) is 4.79 Å². The molecule has 26 heavy (non-hydrogen) atoms. The van der Waals surface area contributed by atoms with Crippen LogP contribution in [0.25, 0.3) is 11.1 Å². The normalized spacial score (nSPS) is 11.8. The van der Waals surface area contributed by atoms with Crippen LogP contribution in [-0.2, 0) is 4.79 Å². The lowest BCUT2D eigenvalue weighted by Crippen LogP contribution is -2.19. The van der Waals surface area contributed by atoms with Crippen molar-refractivity contribution < 1.29 is 14.7 Å². The van der Waals surface area contributed by atoms with E-state index in [1.807, 2.05) is 30.3 Å². The monoisotopic (exact) mass is 385 g/mol. The smallest absolute Gasteiger partial charge is 0.339 e. The lowest BCUT2D eigenvalue weighted by Gasteiger charge is -2.12. The molecule has 2 N–H and O–H groups in total. The number of hydrogen-bond donors (Lipinski definition) is 2. The highest BCUT2D eigenvalue weighted by atomic mass is 35.5. The van der Waals surface area contributed by atoms with Crippen molar-refractivity contribution >= 4 is 39.8 Å². The predicted octanol–water partition coefficient (Wildman–Crippen LogP) is 5.51. The van der Waals surface area contributed by atoms with Crippen molar-refractivity contribution in [2.45, 2.75) is 12.8 Å². The van der Waals surface area contributed by atoms with E-state index in [9.17, 15) is 14.7 Å². The Morgan fingerprint density at radius 2 is 1.73 bits per heavy atom. The van der Waals surface area contributed by atoms with Gasteiger partial charge in [-0.3, -0.25) is 4.79 Å². The van der Waals surface area contributed by atoms with Crippen molar-refractivity contribution in [3.8, 4) is 11.1 Å². The first kappa shape index (κ1) is 18.2. The maximum Gasteiger partial charge on any atom is 0.339 e. The summed E-state index contributed by atoms with van der Waals surface area (Å²) in [7, 11) is 0. The van der Waals surface area contributed by atoms with E-state index in [1.165, 1.54) is 11.3 Å². The number of halogens is 1. The van der Waals surface area contributed by atoms with Gasteiger partial charge in [-0.05, 0) is 30.2 Å². The molecule has 0 saturated carbocycles. The molecule has 0 aliphatic rings. The summed E-state index contributed by atoms with van der Waals surface area (Å²) in [6.07, 6.45) is 0. The molecule has 1 heterocycles. The van der Waals surface area contributed by atoms with Gasteiger partial charge in [0.2, 0.25) is 5.91 Å². The number of anilines is 1. The van der Waals surface area contributed by atoms with E-state index in [4.69, 9.17) is 11.6 Å². The Labute approximate surface area is 160 Å². The number of carbonyl (C=O) groups excluding carboxylic acids is 1. The number of amides is 1. The minimum Gasteiger partial charge on any atom is -0.478 e. The average molecular weight is 386 g/mol. The van der Waals surface area contributed by atoms with Crippen molar-refractivity contribution in [3.63, 3.8) is 0 Å². The molecule has 0 aliphatic heterocycles. The number of hydrogen-bond acceptors (Lipinski definition) is 3. The zero-order chi connectivity index (χ0) is 18.7. The van der Waals surface area contributed by atoms with E-state index in [2.05, 4.69) is 5.32 Å². The van der Waals surface area contributed by atoms with Crippen LogP contribution in [0.4, 0.5) is 5.00 Å². The van der Waals surface area contributed by atoms with Gasteiger partial charge >= 0.3 is 5.97 Å². The third-order valence-electron chi connectivity index (χ3n) is 4.09. The van der Waals surface area contributed by atoms with Gasteiger partial charge in [-0.1, -0.05) is 54.1 Å². The number of thiophene rings is 1. The van der Waals surface area contributed by atoms with Crippen molar-refractivity contribution in [2.24, 2.45) is 0 Å². The largest absolute Gasteiger partial charge is 0.478 e. The summed E-state index contributed by atoms with van der Waals surface area (Å²) >= 11 is 7.10. The van der Waals surface area contributed by atoms with E-state index in [0.29, 0.717) is 15.6 Å². The molecule has 3 aromatic rings. The van der Waals surface area contributed by atoms with E-state index < -0.39 is 5.97 Å². The molecule has 6 heteroatoms. The maximum absolute atomic E-state index is 12.6. The van der Waals surface area contributed by atoms with Gasteiger partial charge < -0.3 is 10.4 Å². The van der Waals surface area contributed by atoms with Crippen LogP contribution in [0.3, 0.4) is 0 Å². The number of carboxylic acids is 1. The molecule has 0 radical (unpaired) electrons. The number of rotatable bonds is 5. The van der Waals surface area contributed by atoms with Crippen LogP contribution < -0.4 is 5.32 Å². The second-order valence-corrected chi connectivity index (χ2v) is 7.10. The van der Waals surface area contributed by atoms with E-state index in [1.54, 1.807) is 36.6 Å². The highest BCUT2D eigenvalue weighted by Gasteiger charge is 2.23. The summed E-state index contributed by atoms with van der Waals surface area (Å²) in [5.41, 5.74) is 2.25. The minimum atomic E-state index is -1.08. The SMILES string of the molecule is CC(C(=O)Nc1scc(-c2ccc(Cl)cc2)c1C(=O)O)c1ccccc1. The summed E-state index contributed by atoms with van der Waals surface area (Å²) in [5.74, 6) is -1.72. The number of nitrogens with one attached hydrogen (secondary N) is 1. The van der Waals surface area contributed by atoms with Gasteiger partial charge in [0.1, 0.15) is 10.6 Å². The molecule has 0 aliphatic carbocycles. The van der Waals surface area contributed by atoms with Gasteiger partial charge in [0.05, 0.1) is 5.92 Å². The molecule has 3 rings (SSSR count). The fourth-order valence-electron chi connectivity index (χ4n) is 2.62. The number of carboxylic acid groups (broad SMARTS) is 1. The van der Waals surface area contributed by atoms with E-state index in [0.717, 1.165) is 11.1 Å².